The maximum Gasteiger partial charge on any atom is 0.308 e. The molecule has 9 heteroatoms. The van der Waals surface area contributed by atoms with Crippen molar-refractivity contribution in [3.8, 4) is 0 Å². The van der Waals surface area contributed by atoms with E-state index in [1.165, 1.54) is 11.4 Å². The van der Waals surface area contributed by atoms with Crippen molar-refractivity contribution in [3.05, 3.63) is 17.4 Å². The first kappa shape index (κ1) is 17.1. The lowest BCUT2D eigenvalue weighted by Gasteiger charge is -2.47. The molecule has 3 saturated carbocycles. The number of anilines is 2. The van der Waals surface area contributed by atoms with Gasteiger partial charge in [0.15, 0.2) is 5.82 Å². The summed E-state index contributed by atoms with van der Waals surface area (Å²) in [4.78, 5) is 27.5. The summed E-state index contributed by atoms with van der Waals surface area (Å²) in [5.74, 6) is 0.0724. The number of carbonyl (C=O) groups is 2. The lowest BCUT2D eigenvalue weighted by atomic mass is 9.61. The first-order chi connectivity index (χ1) is 12.4. The van der Waals surface area contributed by atoms with Crippen LogP contribution in [0.5, 0.6) is 0 Å². The van der Waals surface area contributed by atoms with Crippen molar-refractivity contribution in [2.24, 2.45) is 17.8 Å². The number of nitrogens with zero attached hydrogens (tertiary/aromatic N) is 3. The van der Waals surface area contributed by atoms with E-state index in [-0.39, 0.29) is 23.2 Å². The number of aliphatic carboxylic acids is 1. The third-order valence-corrected chi connectivity index (χ3v) is 5.76. The molecule has 0 aromatic carbocycles. The van der Waals surface area contributed by atoms with Gasteiger partial charge in [0, 0.05) is 13.0 Å². The maximum atomic E-state index is 11.8. The predicted octanol–water partition coefficient (Wildman–Crippen LogP) is 2.64. The van der Waals surface area contributed by atoms with E-state index in [1.54, 1.807) is 12.1 Å². The Labute approximate surface area is 154 Å². The smallest absolute Gasteiger partial charge is 0.308 e. The minimum Gasteiger partial charge on any atom is -0.481 e. The van der Waals surface area contributed by atoms with Gasteiger partial charge in [-0.1, -0.05) is 0 Å². The molecule has 3 fully saturated rings. The van der Waals surface area contributed by atoms with Crippen LogP contribution >= 0.6 is 11.6 Å². The highest BCUT2D eigenvalue weighted by atomic mass is 35.5. The van der Waals surface area contributed by atoms with Crippen molar-refractivity contribution in [1.82, 2.24) is 14.6 Å². The summed E-state index contributed by atoms with van der Waals surface area (Å²) in [5, 5.41) is 19.9. The third kappa shape index (κ3) is 2.88. The third-order valence-electron chi connectivity index (χ3n) is 5.60. The molecule has 3 aliphatic carbocycles. The second kappa shape index (κ2) is 6.42. The molecule has 26 heavy (non-hydrogen) atoms. The average Bonchev–Trinajstić information content (AvgIpc) is 2.97. The van der Waals surface area contributed by atoms with Crippen molar-refractivity contribution in [2.45, 2.75) is 38.6 Å². The number of carboxylic acid groups (broad SMARTS) is 1. The molecule has 3 aliphatic rings. The summed E-state index contributed by atoms with van der Waals surface area (Å²) in [6.07, 6.45) is 3.99. The van der Waals surface area contributed by atoms with E-state index in [9.17, 15) is 14.7 Å². The molecule has 0 unspecified atom stereocenters. The number of amides is 1. The highest BCUT2D eigenvalue weighted by molar-refractivity contribution is 6.28. The van der Waals surface area contributed by atoms with Crippen LogP contribution in [0.25, 0.3) is 5.52 Å². The zero-order valence-corrected chi connectivity index (χ0v) is 15.0. The van der Waals surface area contributed by atoms with Crippen LogP contribution in [-0.2, 0) is 9.59 Å². The van der Waals surface area contributed by atoms with Gasteiger partial charge < -0.3 is 15.7 Å². The van der Waals surface area contributed by atoms with Gasteiger partial charge >= 0.3 is 5.97 Å². The molecule has 2 atom stereocenters. The van der Waals surface area contributed by atoms with Gasteiger partial charge in [0.05, 0.1) is 5.92 Å². The number of halogens is 1. The number of carbonyl (C=O) groups excluding carboxylic acids is 1. The van der Waals surface area contributed by atoms with Gasteiger partial charge in [0.1, 0.15) is 11.3 Å². The number of rotatable bonds is 4. The van der Waals surface area contributed by atoms with Gasteiger partial charge in [-0.25, -0.2) is 4.52 Å². The minimum atomic E-state index is -0.762. The van der Waals surface area contributed by atoms with Gasteiger partial charge in [-0.3, -0.25) is 9.59 Å². The topological polar surface area (TPSA) is 109 Å². The monoisotopic (exact) mass is 377 g/mol. The van der Waals surface area contributed by atoms with Gasteiger partial charge in [-0.15, -0.1) is 5.10 Å². The highest BCUT2D eigenvalue weighted by Gasteiger charge is 2.47. The maximum absolute atomic E-state index is 11.8. The normalized spacial score (nSPS) is 27.5. The molecular weight excluding hydrogens is 358 g/mol. The van der Waals surface area contributed by atoms with E-state index in [0.717, 1.165) is 25.7 Å². The van der Waals surface area contributed by atoms with Gasteiger partial charge in [0.2, 0.25) is 11.2 Å². The fraction of sp³-hybridized carbons (Fsp3) is 0.529. The second-order valence-electron chi connectivity index (χ2n) is 7.14. The Morgan fingerprint density at radius 1 is 1.23 bits per heavy atom. The van der Waals surface area contributed by atoms with E-state index in [1.807, 2.05) is 0 Å². The molecule has 5 rings (SSSR count). The largest absolute Gasteiger partial charge is 0.481 e. The zero-order valence-electron chi connectivity index (χ0n) is 14.3. The number of hydrogen-bond donors (Lipinski definition) is 3. The van der Waals surface area contributed by atoms with Gasteiger partial charge in [0.25, 0.3) is 0 Å². The molecule has 0 aliphatic heterocycles. The second-order valence-corrected chi connectivity index (χ2v) is 7.47. The van der Waals surface area contributed by atoms with Crippen LogP contribution in [0, 0.1) is 17.8 Å². The SMILES string of the molecule is CC(=O)Nc1ccc2c(N[C@H]3C4CCC(CC4)[C@@H]3C(=O)O)nc(Cl)nn12. The van der Waals surface area contributed by atoms with E-state index >= 15 is 0 Å². The van der Waals surface area contributed by atoms with Crippen LogP contribution in [0.2, 0.25) is 5.28 Å². The predicted molar refractivity (Wildman–Crippen MR) is 96.3 cm³/mol. The molecule has 0 radical (unpaired) electrons. The Balaban J connectivity index is 1.71. The van der Waals surface area contributed by atoms with Crippen LogP contribution in [0.4, 0.5) is 11.6 Å². The summed E-state index contributed by atoms with van der Waals surface area (Å²) in [7, 11) is 0. The first-order valence-electron chi connectivity index (χ1n) is 8.76. The van der Waals surface area contributed by atoms with E-state index < -0.39 is 11.9 Å². The molecular formula is C17H20ClN5O3. The first-order valence-corrected chi connectivity index (χ1v) is 9.14. The number of carboxylic acids is 1. The summed E-state index contributed by atoms with van der Waals surface area (Å²) < 4.78 is 1.51. The fourth-order valence-electron chi connectivity index (χ4n) is 4.52. The molecule has 0 saturated heterocycles. The Morgan fingerprint density at radius 2 is 1.92 bits per heavy atom. The Bertz CT molecular complexity index is 875. The van der Waals surface area contributed by atoms with E-state index in [2.05, 4.69) is 20.7 Å². The number of hydrogen-bond acceptors (Lipinski definition) is 5. The summed E-state index contributed by atoms with van der Waals surface area (Å²) in [5.41, 5.74) is 0.642. The van der Waals surface area contributed by atoms with Crippen LogP contribution in [0.3, 0.4) is 0 Å². The van der Waals surface area contributed by atoms with E-state index in [4.69, 9.17) is 11.6 Å². The van der Waals surface area contributed by atoms with Crippen molar-refractivity contribution < 1.29 is 14.7 Å². The van der Waals surface area contributed by atoms with Gasteiger partial charge in [-0.05, 0) is 61.3 Å². The lowest BCUT2D eigenvalue weighted by molar-refractivity contribution is -0.148. The fourth-order valence-corrected chi connectivity index (χ4v) is 4.68. The summed E-state index contributed by atoms with van der Waals surface area (Å²) in [6.45, 7) is 1.41. The van der Waals surface area contributed by atoms with Crippen molar-refractivity contribution in [1.29, 1.82) is 0 Å². The van der Waals surface area contributed by atoms with Crippen molar-refractivity contribution in [2.75, 3.05) is 10.6 Å². The Hall–Kier alpha value is -2.35. The number of fused-ring (bicyclic) bond motifs is 4. The highest BCUT2D eigenvalue weighted by Crippen LogP contribution is 2.46. The van der Waals surface area contributed by atoms with Crippen LogP contribution in [0.15, 0.2) is 12.1 Å². The molecule has 138 valence electrons. The molecule has 2 aromatic rings. The van der Waals surface area contributed by atoms with Crippen LogP contribution in [-0.4, -0.2) is 37.6 Å². The van der Waals surface area contributed by atoms with Crippen LogP contribution < -0.4 is 10.6 Å². The van der Waals surface area contributed by atoms with Crippen LogP contribution in [0.1, 0.15) is 32.6 Å². The average molecular weight is 378 g/mol. The Morgan fingerprint density at radius 3 is 2.58 bits per heavy atom. The standard InChI is InChI=1S/C17H20ClN5O3/c1-8(24)19-12-7-6-11-15(21-17(18)22-23(11)12)20-14-10-4-2-9(3-5-10)13(14)16(25)26/h6-7,9-10,13-14H,2-5H2,1H3,(H,19,24)(H,25,26)(H,20,21,22)/t9?,10?,13-,14-/m0/s1. The Kier molecular flexibility index (Phi) is 4.22. The molecule has 2 heterocycles. The number of nitrogens with one attached hydrogen (secondary N) is 2. The molecule has 2 bridgehead atoms. The molecule has 1 amide bonds. The van der Waals surface area contributed by atoms with E-state index in [0.29, 0.717) is 23.1 Å². The molecule has 8 nitrogen and oxygen atoms in total. The van der Waals surface area contributed by atoms with Crippen molar-refractivity contribution >= 4 is 40.6 Å². The molecule has 2 aromatic heterocycles. The summed E-state index contributed by atoms with van der Waals surface area (Å²) >= 11 is 6.07. The zero-order chi connectivity index (χ0) is 18.4. The summed E-state index contributed by atoms with van der Waals surface area (Å²) in [6, 6.07) is 3.31. The minimum absolute atomic E-state index is 0.0237. The quantitative estimate of drug-likeness (QED) is 0.755. The number of aromatic nitrogens is 3. The van der Waals surface area contributed by atoms with Crippen molar-refractivity contribution in [3.63, 3.8) is 0 Å². The lowest BCUT2D eigenvalue weighted by Crippen LogP contribution is -2.51. The molecule has 3 N–H and O–H groups in total. The molecule has 0 spiro atoms. The van der Waals surface area contributed by atoms with Gasteiger partial charge in [-0.2, -0.15) is 4.98 Å².